The van der Waals surface area contributed by atoms with E-state index in [1.54, 1.807) is 19.2 Å². The lowest BCUT2D eigenvalue weighted by atomic mass is 10.0. The van der Waals surface area contributed by atoms with Crippen LogP contribution in [0.4, 0.5) is 4.39 Å². The van der Waals surface area contributed by atoms with Crippen molar-refractivity contribution >= 4 is 0 Å². The molecule has 1 aliphatic heterocycles. The SMILES string of the molecule is COc1cccc([C@H]2CCCN2Cc2nnc(-c3cccc(F)c3)o2)c1. The molecule has 0 spiro atoms. The van der Waals surface area contributed by atoms with E-state index < -0.39 is 0 Å². The summed E-state index contributed by atoms with van der Waals surface area (Å²) in [5, 5.41) is 8.21. The van der Waals surface area contributed by atoms with E-state index in [-0.39, 0.29) is 5.82 Å². The summed E-state index contributed by atoms with van der Waals surface area (Å²) in [6.45, 7) is 1.55. The second-order valence-corrected chi connectivity index (χ2v) is 6.42. The highest BCUT2D eigenvalue weighted by Crippen LogP contribution is 2.34. The number of hydrogen-bond acceptors (Lipinski definition) is 5. The third kappa shape index (κ3) is 3.46. The van der Waals surface area contributed by atoms with Gasteiger partial charge in [-0.15, -0.1) is 10.2 Å². The Labute approximate surface area is 151 Å². The molecule has 1 atom stereocenters. The summed E-state index contributed by atoms with van der Waals surface area (Å²) < 4.78 is 24.5. The zero-order valence-electron chi connectivity index (χ0n) is 14.6. The van der Waals surface area contributed by atoms with Gasteiger partial charge in [0.2, 0.25) is 11.8 Å². The first-order valence-electron chi connectivity index (χ1n) is 8.69. The summed E-state index contributed by atoms with van der Waals surface area (Å²) >= 11 is 0. The van der Waals surface area contributed by atoms with Crippen LogP contribution in [0.5, 0.6) is 5.75 Å². The fraction of sp³-hybridized carbons (Fsp3) is 0.300. The molecule has 0 amide bonds. The Morgan fingerprint density at radius 3 is 2.92 bits per heavy atom. The van der Waals surface area contributed by atoms with Gasteiger partial charge in [0.15, 0.2) is 0 Å². The van der Waals surface area contributed by atoms with Gasteiger partial charge in [0.05, 0.1) is 13.7 Å². The molecule has 5 nitrogen and oxygen atoms in total. The molecule has 3 aromatic rings. The van der Waals surface area contributed by atoms with E-state index in [9.17, 15) is 4.39 Å². The van der Waals surface area contributed by atoms with Crippen molar-refractivity contribution in [3.05, 3.63) is 65.8 Å². The molecule has 4 rings (SSSR count). The van der Waals surface area contributed by atoms with Crippen LogP contribution >= 0.6 is 0 Å². The number of aromatic nitrogens is 2. The normalized spacial score (nSPS) is 17.5. The van der Waals surface area contributed by atoms with E-state index >= 15 is 0 Å². The van der Waals surface area contributed by atoms with Gasteiger partial charge in [0.1, 0.15) is 11.6 Å². The topological polar surface area (TPSA) is 51.4 Å². The molecule has 0 N–H and O–H groups in total. The van der Waals surface area contributed by atoms with E-state index in [1.165, 1.54) is 17.7 Å². The van der Waals surface area contributed by atoms with Crippen molar-refractivity contribution in [3.8, 4) is 17.2 Å². The number of benzene rings is 2. The summed E-state index contributed by atoms with van der Waals surface area (Å²) in [6, 6.07) is 14.6. The van der Waals surface area contributed by atoms with Crippen LogP contribution < -0.4 is 4.74 Å². The van der Waals surface area contributed by atoms with Gasteiger partial charge in [-0.3, -0.25) is 4.90 Å². The van der Waals surface area contributed by atoms with Gasteiger partial charge < -0.3 is 9.15 Å². The van der Waals surface area contributed by atoms with E-state index in [2.05, 4.69) is 27.2 Å². The highest BCUT2D eigenvalue weighted by Gasteiger charge is 2.27. The first kappa shape index (κ1) is 16.7. The average molecular weight is 353 g/mol. The maximum atomic E-state index is 13.4. The first-order valence-corrected chi connectivity index (χ1v) is 8.69. The molecule has 0 saturated carbocycles. The van der Waals surface area contributed by atoms with Crippen LogP contribution in [0.2, 0.25) is 0 Å². The van der Waals surface area contributed by atoms with Gasteiger partial charge >= 0.3 is 0 Å². The lowest BCUT2D eigenvalue weighted by Gasteiger charge is -2.23. The third-order valence-electron chi connectivity index (χ3n) is 4.72. The Morgan fingerprint density at radius 1 is 1.19 bits per heavy atom. The number of rotatable bonds is 5. The van der Waals surface area contributed by atoms with Crippen LogP contribution in [-0.2, 0) is 6.54 Å². The monoisotopic (exact) mass is 353 g/mol. The van der Waals surface area contributed by atoms with Crippen molar-refractivity contribution in [1.29, 1.82) is 0 Å². The maximum Gasteiger partial charge on any atom is 0.247 e. The summed E-state index contributed by atoms with van der Waals surface area (Å²) in [7, 11) is 1.68. The highest BCUT2D eigenvalue weighted by molar-refractivity contribution is 5.52. The Bertz CT molecular complexity index is 896. The van der Waals surface area contributed by atoms with Crippen molar-refractivity contribution in [2.24, 2.45) is 0 Å². The fourth-order valence-corrected chi connectivity index (χ4v) is 3.47. The number of ether oxygens (including phenoxy) is 1. The summed E-state index contributed by atoms with van der Waals surface area (Å²) in [5.41, 5.74) is 1.82. The molecule has 0 radical (unpaired) electrons. The predicted octanol–water partition coefficient (Wildman–Crippen LogP) is 4.22. The minimum Gasteiger partial charge on any atom is -0.497 e. The summed E-state index contributed by atoms with van der Waals surface area (Å²) in [5.74, 6) is 1.43. The number of hydrogen-bond donors (Lipinski definition) is 0. The van der Waals surface area contributed by atoms with Gasteiger partial charge in [-0.2, -0.15) is 0 Å². The molecule has 134 valence electrons. The Hall–Kier alpha value is -2.73. The molecule has 26 heavy (non-hydrogen) atoms. The zero-order chi connectivity index (χ0) is 17.9. The molecule has 0 unspecified atom stereocenters. The molecule has 1 fully saturated rings. The highest BCUT2D eigenvalue weighted by atomic mass is 19.1. The molecule has 0 aliphatic carbocycles. The molecule has 1 aromatic heterocycles. The van der Waals surface area contributed by atoms with E-state index in [1.807, 2.05) is 12.1 Å². The van der Waals surface area contributed by atoms with Gasteiger partial charge in [-0.1, -0.05) is 18.2 Å². The van der Waals surface area contributed by atoms with Crippen LogP contribution in [0, 0.1) is 5.82 Å². The van der Waals surface area contributed by atoms with Crippen LogP contribution in [0.3, 0.4) is 0 Å². The van der Waals surface area contributed by atoms with Gasteiger partial charge in [-0.25, -0.2) is 4.39 Å². The number of likely N-dealkylation sites (tertiary alicyclic amines) is 1. The molecule has 2 heterocycles. The summed E-state index contributed by atoms with van der Waals surface area (Å²) in [4.78, 5) is 2.33. The van der Waals surface area contributed by atoms with E-state index in [4.69, 9.17) is 9.15 Å². The average Bonchev–Trinajstić information content (AvgIpc) is 3.32. The van der Waals surface area contributed by atoms with Crippen molar-refractivity contribution in [2.75, 3.05) is 13.7 Å². The van der Waals surface area contributed by atoms with Crippen molar-refractivity contribution in [1.82, 2.24) is 15.1 Å². The van der Waals surface area contributed by atoms with Crippen LogP contribution in [-0.4, -0.2) is 28.8 Å². The minimum absolute atomic E-state index is 0.301. The zero-order valence-corrected chi connectivity index (χ0v) is 14.6. The fourth-order valence-electron chi connectivity index (χ4n) is 3.47. The second kappa shape index (κ2) is 7.25. The second-order valence-electron chi connectivity index (χ2n) is 6.42. The molecular weight excluding hydrogens is 333 g/mol. The third-order valence-corrected chi connectivity index (χ3v) is 4.72. The Kier molecular flexibility index (Phi) is 4.67. The van der Waals surface area contributed by atoms with Crippen molar-refractivity contribution in [2.45, 2.75) is 25.4 Å². The largest absolute Gasteiger partial charge is 0.497 e. The Morgan fingerprint density at radius 2 is 2.08 bits per heavy atom. The molecule has 1 aliphatic rings. The van der Waals surface area contributed by atoms with Crippen molar-refractivity contribution in [3.63, 3.8) is 0 Å². The standard InChI is InChI=1S/C20H20FN3O2/c1-25-17-8-3-5-14(12-17)18-9-4-10-24(18)13-19-22-23-20(26-19)15-6-2-7-16(21)11-15/h2-3,5-8,11-12,18H,4,9-10,13H2,1H3/t18-/m1/s1. The van der Waals surface area contributed by atoms with E-state index in [0.29, 0.717) is 29.9 Å². The lowest BCUT2D eigenvalue weighted by Crippen LogP contribution is -2.23. The first-order chi connectivity index (χ1) is 12.7. The molecule has 1 saturated heterocycles. The molecule has 0 bridgehead atoms. The quantitative estimate of drug-likeness (QED) is 0.687. The minimum atomic E-state index is -0.320. The van der Waals surface area contributed by atoms with Crippen LogP contribution in [0.1, 0.15) is 30.3 Å². The maximum absolute atomic E-state index is 13.4. The van der Waals surface area contributed by atoms with Gasteiger partial charge in [0, 0.05) is 11.6 Å². The molecular formula is C20H20FN3O2. The van der Waals surface area contributed by atoms with Crippen LogP contribution in [0.15, 0.2) is 52.9 Å². The van der Waals surface area contributed by atoms with Crippen LogP contribution in [0.25, 0.3) is 11.5 Å². The van der Waals surface area contributed by atoms with Crippen molar-refractivity contribution < 1.29 is 13.5 Å². The van der Waals surface area contributed by atoms with Gasteiger partial charge in [-0.05, 0) is 55.3 Å². The number of halogens is 1. The number of nitrogens with zero attached hydrogens (tertiary/aromatic N) is 3. The van der Waals surface area contributed by atoms with Gasteiger partial charge in [0.25, 0.3) is 0 Å². The van der Waals surface area contributed by atoms with E-state index in [0.717, 1.165) is 25.1 Å². The number of methoxy groups -OCH3 is 1. The summed E-state index contributed by atoms with van der Waals surface area (Å²) in [6.07, 6.45) is 2.20. The Balaban J connectivity index is 1.51. The predicted molar refractivity (Wildman–Crippen MR) is 95.1 cm³/mol. The smallest absolute Gasteiger partial charge is 0.247 e. The molecule has 6 heteroatoms. The lowest BCUT2D eigenvalue weighted by molar-refractivity contribution is 0.224. The molecule has 2 aromatic carbocycles.